The molecule has 0 amide bonds. The molecule has 0 aliphatic heterocycles. The van der Waals surface area contributed by atoms with Crippen molar-refractivity contribution >= 4 is 32.4 Å². The molecule has 0 bridgehead atoms. The molecule has 0 fully saturated rings. The first-order valence-electron chi connectivity index (χ1n) is 4.20. The van der Waals surface area contributed by atoms with Crippen LogP contribution in [0.5, 0.6) is 0 Å². The molecule has 0 saturated carbocycles. The van der Waals surface area contributed by atoms with Gasteiger partial charge in [0.15, 0.2) is 0 Å². The Morgan fingerprint density at radius 3 is 2.92 bits per heavy atom. The van der Waals surface area contributed by atoms with Gasteiger partial charge in [-0.3, -0.25) is 4.21 Å². The van der Waals surface area contributed by atoms with E-state index in [4.69, 9.17) is 0 Å². The summed E-state index contributed by atoms with van der Waals surface area (Å²) in [5.74, 6) is 2.46. The van der Waals surface area contributed by atoms with Crippen molar-refractivity contribution in [2.45, 2.75) is 13.3 Å². The summed E-state index contributed by atoms with van der Waals surface area (Å²) in [6.07, 6.45) is 4.85. The van der Waals surface area contributed by atoms with E-state index in [1.807, 2.05) is 17.6 Å². The second-order valence-corrected chi connectivity index (χ2v) is 6.29. The van der Waals surface area contributed by atoms with Crippen LogP contribution >= 0.6 is 21.6 Å². The highest BCUT2D eigenvalue weighted by Gasteiger charge is 1.92. The predicted octanol–water partition coefficient (Wildman–Crippen LogP) is 3.23. The third-order valence-electron chi connectivity index (χ3n) is 1.12. The fourth-order valence-corrected chi connectivity index (χ4v) is 3.10. The molecule has 0 aromatic carbocycles. The lowest BCUT2D eigenvalue weighted by Crippen LogP contribution is -1.98. The monoisotopic (exact) mass is 236 g/mol. The molecule has 0 radical (unpaired) electrons. The van der Waals surface area contributed by atoms with Gasteiger partial charge in [0, 0.05) is 28.1 Å². The van der Waals surface area contributed by atoms with E-state index in [0.29, 0.717) is 5.75 Å². The molecule has 0 saturated heterocycles. The molecule has 1 nitrogen and oxygen atoms in total. The van der Waals surface area contributed by atoms with E-state index in [0.717, 1.165) is 17.9 Å². The van der Waals surface area contributed by atoms with Gasteiger partial charge in [-0.2, -0.15) is 0 Å². The van der Waals surface area contributed by atoms with Crippen LogP contribution in [-0.2, 0) is 10.8 Å². The Balaban J connectivity index is 3.29. The average molecular weight is 236 g/mol. The number of rotatable bonds is 8. The zero-order valence-corrected chi connectivity index (χ0v) is 10.4. The van der Waals surface area contributed by atoms with Crippen molar-refractivity contribution in [2.75, 3.05) is 17.3 Å². The highest BCUT2D eigenvalue weighted by molar-refractivity contribution is 8.77. The van der Waals surface area contributed by atoms with Gasteiger partial charge in [0.25, 0.3) is 0 Å². The Bertz CT molecular complexity index is 178. The van der Waals surface area contributed by atoms with E-state index >= 15 is 0 Å². The lowest BCUT2D eigenvalue weighted by atomic mass is 10.6. The quantitative estimate of drug-likeness (QED) is 0.366. The van der Waals surface area contributed by atoms with Gasteiger partial charge in [-0.15, -0.1) is 6.58 Å². The Kier molecular flexibility index (Phi) is 10.7. The summed E-state index contributed by atoms with van der Waals surface area (Å²) in [7, 11) is 2.74. The van der Waals surface area contributed by atoms with Crippen LogP contribution in [0.2, 0.25) is 0 Å². The van der Waals surface area contributed by atoms with E-state index in [9.17, 15) is 4.21 Å². The molecule has 4 heteroatoms. The van der Waals surface area contributed by atoms with E-state index < -0.39 is 10.8 Å². The van der Waals surface area contributed by atoms with Gasteiger partial charge in [-0.25, -0.2) is 0 Å². The third kappa shape index (κ3) is 10.2. The van der Waals surface area contributed by atoms with Gasteiger partial charge >= 0.3 is 0 Å². The first kappa shape index (κ1) is 13.3. The summed E-state index contributed by atoms with van der Waals surface area (Å²) in [6.45, 7) is 5.68. The van der Waals surface area contributed by atoms with Crippen LogP contribution in [0.4, 0.5) is 0 Å². The van der Waals surface area contributed by atoms with Crippen LogP contribution in [0.3, 0.4) is 0 Å². The van der Waals surface area contributed by atoms with Crippen LogP contribution in [0, 0.1) is 0 Å². The van der Waals surface area contributed by atoms with Crippen molar-refractivity contribution in [3.63, 3.8) is 0 Å². The van der Waals surface area contributed by atoms with E-state index in [1.165, 1.54) is 0 Å². The molecule has 0 heterocycles. The molecule has 0 aromatic rings. The molecule has 1 unspecified atom stereocenters. The van der Waals surface area contributed by atoms with Gasteiger partial charge in [0.2, 0.25) is 0 Å². The Hall–Kier alpha value is 0.330. The normalized spacial score (nSPS) is 13.3. The fourth-order valence-electron chi connectivity index (χ4n) is 0.624. The lowest BCUT2D eigenvalue weighted by molar-refractivity contribution is 0.684. The molecule has 0 rings (SSSR count). The van der Waals surface area contributed by atoms with Gasteiger partial charge < -0.3 is 0 Å². The topological polar surface area (TPSA) is 17.1 Å². The van der Waals surface area contributed by atoms with Crippen molar-refractivity contribution in [3.8, 4) is 0 Å². The number of hydrogen-bond donors (Lipinski definition) is 0. The zero-order chi connectivity index (χ0) is 9.94. The Morgan fingerprint density at radius 1 is 1.54 bits per heavy atom. The predicted molar refractivity (Wildman–Crippen MR) is 67.6 cm³/mol. The van der Waals surface area contributed by atoms with Crippen molar-refractivity contribution in [3.05, 3.63) is 24.1 Å². The minimum atomic E-state index is -0.657. The van der Waals surface area contributed by atoms with E-state index in [-0.39, 0.29) is 0 Å². The van der Waals surface area contributed by atoms with Crippen LogP contribution in [0.15, 0.2) is 24.1 Å². The van der Waals surface area contributed by atoms with Gasteiger partial charge in [-0.1, -0.05) is 40.7 Å². The maximum absolute atomic E-state index is 11.2. The first-order chi connectivity index (χ1) is 6.31. The summed E-state index contributed by atoms with van der Waals surface area (Å²) < 4.78 is 11.2. The Morgan fingerprint density at radius 2 is 2.31 bits per heavy atom. The summed E-state index contributed by atoms with van der Waals surface area (Å²) in [5.41, 5.74) is 0. The molecule has 0 aliphatic carbocycles. The molecule has 13 heavy (non-hydrogen) atoms. The minimum absolute atomic E-state index is 0.657. The molecule has 1 atom stereocenters. The van der Waals surface area contributed by atoms with Gasteiger partial charge in [-0.05, 0) is 11.8 Å². The van der Waals surface area contributed by atoms with Crippen molar-refractivity contribution in [2.24, 2.45) is 0 Å². The van der Waals surface area contributed by atoms with Crippen molar-refractivity contribution in [1.82, 2.24) is 0 Å². The SMILES string of the molecule is C=CCSS/C=C\CS(=O)CCC. The molecular formula is C9H16OS3. The molecule has 0 N–H and O–H groups in total. The summed E-state index contributed by atoms with van der Waals surface area (Å²) in [6, 6.07) is 0. The average Bonchev–Trinajstić information content (AvgIpc) is 2.11. The highest BCUT2D eigenvalue weighted by atomic mass is 33.1. The summed E-state index contributed by atoms with van der Waals surface area (Å²) >= 11 is 0. The maximum atomic E-state index is 11.2. The van der Waals surface area contributed by atoms with E-state index in [1.54, 1.807) is 21.6 Å². The summed E-state index contributed by atoms with van der Waals surface area (Å²) in [5, 5.41) is 2.00. The first-order valence-corrected chi connectivity index (χ1v) is 8.07. The molecular weight excluding hydrogens is 220 g/mol. The number of hydrogen-bond acceptors (Lipinski definition) is 3. The second kappa shape index (κ2) is 10.4. The Labute approximate surface area is 91.3 Å². The largest absolute Gasteiger partial charge is 0.259 e. The van der Waals surface area contributed by atoms with Crippen LogP contribution in [-0.4, -0.2) is 21.5 Å². The second-order valence-electron chi connectivity index (χ2n) is 2.35. The minimum Gasteiger partial charge on any atom is -0.259 e. The molecule has 0 aromatic heterocycles. The lowest BCUT2D eigenvalue weighted by Gasteiger charge is -1.93. The van der Waals surface area contributed by atoms with Crippen LogP contribution < -0.4 is 0 Å². The van der Waals surface area contributed by atoms with Crippen LogP contribution in [0.25, 0.3) is 0 Å². The zero-order valence-electron chi connectivity index (χ0n) is 7.90. The molecule has 0 spiro atoms. The maximum Gasteiger partial charge on any atom is 0.0423 e. The third-order valence-corrected chi connectivity index (χ3v) is 4.51. The van der Waals surface area contributed by atoms with Crippen molar-refractivity contribution < 1.29 is 4.21 Å². The molecule has 76 valence electrons. The van der Waals surface area contributed by atoms with Crippen molar-refractivity contribution in [1.29, 1.82) is 0 Å². The highest BCUT2D eigenvalue weighted by Crippen LogP contribution is 2.21. The fraction of sp³-hybridized carbons (Fsp3) is 0.556. The summed E-state index contributed by atoms with van der Waals surface area (Å²) in [4.78, 5) is 0. The molecule has 0 aliphatic rings. The van der Waals surface area contributed by atoms with Gasteiger partial charge in [0.1, 0.15) is 0 Å². The smallest absolute Gasteiger partial charge is 0.0423 e. The van der Waals surface area contributed by atoms with Gasteiger partial charge in [0.05, 0.1) is 0 Å². The standard InChI is InChI=1S/C9H16OS3/c1-3-6-11-12-7-5-9-13(10)8-4-2/h3,5,7H,1,4,6,8-9H2,2H3/b7-5-. The van der Waals surface area contributed by atoms with E-state index in [2.05, 4.69) is 13.5 Å². The van der Waals surface area contributed by atoms with Crippen LogP contribution in [0.1, 0.15) is 13.3 Å².